The Morgan fingerprint density at radius 1 is 1.32 bits per heavy atom. The topological polar surface area (TPSA) is 48.3 Å². The van der Waals surface area contributed by atoms with E-state index in [1.165, 1.54) is 12.8 Å². The SMILES string of the molecule is CC(C)NC(C#N)(CN1C[C@@H](C)O[C@@H](C)C1)C1CC1. The molecule has 2 fully saturated rings. The van der Waals surface area contributed by atoms with E-state index in [1.807, 2.05) is 0 Å². The summed E-state index contributed by atoms with van der Waals surface area (Å²) in [6.45, 7) is 11.2. The van der Waals surface area contributed by atoms with Gasteiger partial charge in [-0.2, -0.15) is 5.26 Å². The first kappa shape index (κ1) is 14.8. The van der Waals surface area contributed by atoms with Crippen molar-refractivity contribution in [1.82, 2.24) is 10.2 Å². The van der Waals surface area contributed by atoms with Crippen LogP contribution >= 0.6 is 0 Å². The first-order chi connectivity index (χ1) is 8.95. The van der Waals surface area contributed by atoms with Crippen LogP contribution in [0.3, 0.4) is 0 Å². The molecule has 1 heterocycles. The molecule has 1 aliphatic carbocycles. The first-order valence-corrected chi connectivity index (χ1v) is 7.52. The van der Waals surface area contributed by atoms with Crippen LogP contribution in [0.1, 0.15) is 40.5 Å². The van der Waals surface area contributed by atoms with Crippen molar-refractivity contribution in [2.24, 2.45) is 5.92 Å². The van der Waals surface area contributed by atoms with Crippen molar-refractivity contribution in [1.29, 1.82) is 5.26 Å². The molecule has 0 aromatic heterocycles. The smallest absolute Gasteiger partial charge is 0.122 e. The number of morpholine rings is 1. The molecule has 0 amide bonds. The normalized spacial score (nSPS) is 32.0. The Labute approximate surface area is 117 Å². The van der Waals surface area contributed by atoms with Gasteiger partial charge in [-0.3, -0.25) is 10.2 Å². The zero-order valence-electron chi connectivity index (χ0n) is 12.6. The standard InChI is InChI=1S/C15H27N3O/c1-11(2)17-15(9-16,14-5-6-14)10-18-7-12(3)19-13(4)8-18/h11-14,17H,5-8,10H2,1-4H3/t12-,13+,15?. The largest absolute Gasteiger partial charge is 0.373 e. The van der Waals surface area contributed by atoms with Gasteiger partial charge in [0.1, 0.15) is 5.54 Å². The van der Waals surface area contributed by atoms with E-state index in [-0.39, 0.29) is 17.7 Å². The lowest BCUT2D eigenvalue weighted by Crippen LogP contribution is -2.59. The zero-order chi connectivity index (χ0) is 14.0. The summed E-state index contributed by atoms with van der Waals surface area (Å²) in [6.07, 6.45) is 2.89. The highest BCUT2D eigenvalue weighted by Crippen LogP contribution is 2.40. The van der Waals surface area contributed by atoms with Crippen LogP contribution in [0.15, 0.2) is 0 Å². The molecule has 1 N–H and O–H groups in total. The summed E-state index contributed by atoms with van der Waals surface area (Å²) >= 11 is 0. The van der Waals surface area contributed by atoms with Crippen LogP contribution in [0, 0.1) is 17.2 Å². The quantitative estimate of drug-likeness (QED) is 0.823. The van der Waals surface area contributed by atoms with Gasteiger partial charge < -0.3 is 4.74 Å². The molecule has 1 unspecified atom stereocenters. The molecule has 1 aliphatic heterocycles. The minimum Gasteiger partial charge on any atom is -0.373 e. The third kappa shape index (κ3) is 3.68. The Morgan fingerprint density at radius 3 is 2.32 bits per heavy atom. The predicted octanol–water partition coefficient (Wildman–Crippen LogP) is 1.77. The molecule has 0 spiro atoms. The summed E-state index contributed by atoms with van der Waals surface area (Å²) in [4.78, 5) is 2.40. The van der Waals surface area contributed by atoms with Gasteiger partial charge >= 0.3 is 0 Å². The highest BCUT2D eigenvalue weighted by molar-refractivity contribution is 5.17. The number of nitrogens with zero attached hydrogens (tertiary/aromatic N) is 2. The van der Waals surface area contributed by atoms with E-state index in [1.54, 1.807) is 0 Å². The van der Waals surface area contributed by atoms with Gasteiger partial charge in [0.25, 0.3) is 0 Å². The second kappa shape index (κ2) is 5.78. The molecule has 1 saturated heterocycles. The monoisotopic (exact) mass is 265 g/mol. The molecule has 2 rings (SSSR count). The summed E-state index contributed by atoms with van der Waals surface area (Å²) in [5.41, 5.74) is -0.370. The molecule has 0 bridgehead atoms. The van der Waals surface area contributed by atoms with Crippen molar-refractivity contribution >= 4 is 0 Å². The van der Waals surface area contributed by atoms with E-state index in [0.29, 0.717) is 12.0 Å². The Balaban J connectivity index is 2.05. The molecule has 0 aromatic carbocycles. The van der Waals surface area contributed by atoms with Gasteiger partial charge in [0.15, 0.2) is 0 Å². The molecule has 2 aliphatic rings. The number of rotatable bonds is 5. The molecular formula is C15H27N3O. The van der Waals surface area contributed by atoms with Crippen molar-refractivity contribution in [3.63, 3.8) is 0 Å². The summed E-state index contributed by atoms with van der Waals surface area (Å²) in [5.74, 6) is 0.522. The maximum Gasteiger partial charge on any atom is 0.122 e. The van der Waals surface area contributed by atoms with Crippen LogP contribution in [-0.4, -0.2) is 48.3 Å². The molecule has 108 valence electrons. The minimum atomic E-state index is -0.370. The lowest BCUT2D eigenvalue weighted by molar-refractivity contribution is -0.0731. The van der Waals surface area contributed by atoms with E-state index in [2.05, 4.69) is 44.0 Å². The van der Waals surface area contributed by atoms with Crippen molar-refractivity contribution in [3.8, 4) is 6.07 Å². The maximum absolute atomic E-state index is 9.73. The van der Waals surface area contributed by atoms with Gasteiger partial charge in [-0.25, -0.2) is 0 Å². The Bertz CT molecular complexity index is 338. The fourth-order valence-electron chi connectivity index (χ4n) is 3.31. The van der Waals surface area contributed by atoms with Crippen LogP contribution < -0.4 is 5.32 Å². The van der Waals surface area contributed by atoms with E-state index >= 15 is 0 Å². The predicted molar refractivity (Wildman–Crippen MR) is 75.8 cm³/mol. The maximum atomic E-state index is 9.73. The molecule has 4 nitrogen and oxygen atoms in total. The molecule has 0 aromatic rings. The van der Waals surface area contributed by atoms with Crippen LogP contribution in [0.25, 0.3) is 0 Å². The zero-order valence-corrected chi connectivity index (χ0v) is 12.6. The third-order valence-electron chi connectivity index (χ3n) is 3.99. The molecular weight excluding hydrogens is 238 g/mol. The van der Waals surface area contributed by atoms with E-state index < -0.39 is 0 Å². The number of hydrogen-bond donors (Lipinski definition) is 1. The second-order valence-corrected chi connectivity index (χ2v) is 6.61. The number of ether oxygens (including phenoxy) is 1. The Hall–Kier alpha value is -0.630. The molecule has 0 radical (unpaired) electrons. The van der Waals surface area contributed by atoms with Gasteiger partial charge in [-0.15, -0.1) is 0 Å². The van der Waals surface area contributed by atoms with Gasteiger partial charge in [0.05, 0.1) is 18.3 Å². The highest BCUT2D eigenvalue weighted by atomic mass is 16.5. The lowest BCUT2D eigenvalue weighted by Gasteiger charge is -2.41. The second-order valence-electron chi connectivity index (χ2n) is 6.61. The summed E-state index contributed by atoms with van der Waals surface area (Å²) in [5, 5.41) is 13.3. The van der Waals surface area contributed by atoms with Gasteiger partial charge in [0, 0.05) is 25.7 Å². The fraction of sp³-hybridized carbons (Fsp3) is 0.933. The fourth-order valence-corrected chi connectivity index (χ4v) is 3.31. The number of hydrogen-bond acceptors (Lipinski definition) is 4. The minimum absolute atomic E-state index is 0.262. The van der Waals surface area contributed by atoms with E-state index in [9.17, 15) is 5.26 Å². The lowest BCUT2D eigenvalue weighted by atomic mass is 9.92. The average molecular weight is 265 g/mol. The summed E-state index contributed by atoms with van der Waals surface area (Å²) in [7, 11) is 0. The number of nitrogens with one attached hydrogen (secondary N) is 1. The van der Waals surface area contributed by atoms with E-state index in [0.717, 1.165) is 19.6 Å². The summed E-state index contributed by atoms with van der Waals surface area (Å²) in [6, 6.07) is 2.94. The van der Waals surface area contributed by atoms with Gasteiger partial charge in [-0.05, 0) is 46.5 Å². The van der Waals surface area contributed by atoms with Crippen LogP contribution in [0.4, 0.5) is 0 Å². The molecule has 3 atom stereocenters. The van der Waals surface area contributed by atoms with Crippen molar-refractivity contribution in [2.45, 2.75) is 64.3 Å². The average Bonchev–Trinajstić information content (AvgIpc) is 3.09. The van der Waals surface area contributed by atoms with Crippen LogP contribution in [-0.2, 0) is 4.74 Å². The van der Waals surface area contributed by atoms with Crippen LogP contribution in [0.2, 0.25) is 0 Å². The van der Waals surface area contributed by atoms with Crippen LogP contribution in [0.5, 0.6) is 0 Å². The molecule has 1 saturated carbocycles. The Kier molecular flexibility index (Phi) is 4.50. The van der Waals surface area contributed by atoms with Gasteiger partial charge in [-0.1, -0.05) is 0 Å². The third-order valence-corrected chi connectivity index (χ3v) is 3.99. The molecule has 4 heteroatoms. The van der Waals surface area contributed by atoms with Gasteiger partial charge in [0.2, 0.25) is 0 Å². The van der Waals surface area contributed by atoms with E-state index in [4.69, 9.17) is 4.74 Å². The van der Waals surface area contributed by atoms with Crippen molar-refractivity contribution in [2.75, 3.05) is 19.6 Å². The summed E-state index contributed by atoms with van der Waals surface area (Å²) < 4.78 is 5.78. The molecule has 19 heavy (non-hydrogen) atoms. The Morgan fingerprint density at radius 2 is 1.89 bits per heavy atom. The van der Waals surface area contributed by atoms with Crippen molar-refractivity contribution in [3.05, 3.63) is 0 Å². The highest BCUT2D eigenvalue weighted by Gasteiger charge is 2.47. The number of nitriles is 1. The van der Waals surface area contributed by atoms with Crippen molar-refractivity contribution < 1.29 is 4.74 Å². The first-order valence-electron chi connectivity index (χ1n) is 7.52.